The third kappa shape index (κ3) is 3.76. The average Bonchev–Trinajstić information content (AvgIpc) is 2.64. The molecule has 0 spiro atoms. The van der Waals surface area contributed by atoms with Gasteiger partial charge in [0.15, 0.2) is 0 Å². The van der Waals surface area contributed by atoms with Crippen LogP contribution in [0.15, 0.2) is 11.4 Å². The van der Waals surface area contributed by atoms with Crippen molar-refractivity contribution in [1.29, 1.82) is 0 Å². The smallest absolute Gasteiger partial charge is 0.0516 e. The number of halogens is 1. The molecule has 1 heterocycles. The first-order valence-corrected chi connectivity index (χ1v) is 7.43. The molecule has 2 unspecified atom stereocenters. The molecule has 1 saturated carbocycles. The van der Waals surface area contributed by atoms with Gasteiger partial charge < -0.3 is 5.32 Å². The third-order valence-electron chi connectivity index (χ3n) is 3.40. The van der Waals surface area contributed by atoms with E-state index in [1.807, 2.05) is 5.38 Å². The van der Waals surface area contributed by atoms with Crippen LogP contribution in [-0.4, -0.2) is 6.54 Å². The first kappa shape index (κ1) is 12.4. The Balaban J connectivity index is 1.67. The van der Waals surface area contributed by atoms with Gasteiger partial charge in [-0.05, 0) is 37.3 Å². The largest absolute Gasteiger partial charge is 0.312 e. The minimum atomic E-state index is 0.869. The van der Waals surface area contributed by atoms with Crippen molar-refractivity contribution in [2.24, 2.45) is 11.8 Å². The van der Waals surface area contributed by atoms with Crippen molar-refractivity contribution in [3.05, 3.63) is 21.3 Å². The van der Waals surface area contributed by atoms with Crippen LogP contribution in [0.4, 0.5) is 0 Å². The molecule has 0 bridgehead atoms. The Morgan fingerprint density at radius 1 is 1.50 bits per heavy atom. The number of nitrogens with one attached hydrogen (secondary N) is 1. The van der Waals surface area contributed by atoms with Gasteiger partial charge in [0.2, 0.25) is 0 Å². The maximum atomic E-state index is 5.89. The molecule has 0 aromatic carbocycles. The second-order valence-electron chi connectivity index (χ2n) is 5.00. The third-order valence-corrected chi connectivity index (χ3v) is 4.68. The number of hydrogen-bond acceptors (Lipinski definition) is 2. The van der Waals surface area contributed by atoms with Crippen molar-refractivity contribution >= 4 is 22.9 Å². The normalized spacial score (nSPS) is 25.9. The highest BCUT2D eigenvalue weighted by atomic mass is 35.5. The molecule has 0 radical (unpaired) electrons. The van der Waals surface area contributed by atoms with Gasteiger partial charge in [0.1, 0.15) is 0 Å². The molecule has 1 aliphatic carbocycles. The van der Waals surface area contributed by atoms with E-state index in [0.29, 0.717) is 0 Å². The van der Waals surface area contributed by atoms with Crippen molar-refractivity contribution < 1.29 is 0 Å². The molecule has 90 valence electrons. The Kier molecular flexibility index (Phi) is 4.68. The quantitative estimate of drug-likeness (QED) is 0.847. The molecule has 1 aromatic heterocycles. The standard InChI is InChI=1S/C13H20ClNS/c1-10-3-2-4-11(5-10)7-15-8-13-6-12(14)9-16-13/h6,9-11,15H,2-5,7-8H2,1H3. The van der Waals surface area contributed by atoms with Gasteiger partial charge in [0.25, 0.3) is 0 Å². The molecule has 16 heavy (non-hydrogen) atoms. The maximum absolute atomic E-state index is 5.89. The van der Waals surface area contributed by atoms with E-state index in [1.165, 1.54) is 37.1 Å². The highest BCUT2D eigenvalue weighted by molar-refractivity contribution is 7.10. The zero-order valence-corrected chi connectivity index (χ0v) is 11.4. The Hall–Kier alpha value is -0.0500. The molecule has 2 rings (SSSR count). The van der Waals surface area contributed by atoms with Gasteiger partial charge in [-0.25, -0.2) is 0 Å². The summed E-state index contributed by atoms with van der Waals surface area (Å²) in [7, 11) is 0. The van der Waals surface area contributed by atoms with Crippen LogP contribution in [0.5, 0.6) is 0 Å². The molecule has 2 atom stereocenters. The van der Waals surface area contributed by atoms with E-state index in [2.05, 4.69) is 18.3 Å². The first-order valence-electron chi connectivity index (χ1n) is 6.17. The van der Waals surface area contributed by atoms with Crippen LogP contribution in [0, 0.1) is 11.8 Å². The fraction of sp³-hybridized carbons (Fsp3) is 0.692. The average molecular weight is 258 g/mol. The van der Waals surface area contributed by atoms with Crippen molar-refractivity contribution in [3.8, 4) is 0 Å². The number of thiophene rings is 1. The van der Waals surface area contributed by atoms with Gasteiger partial charge >= 0.3 is 0 Å². The van der Waals surface area contributed by atoms with Crippen molar-refractivity contribution in [1.82, 2.24) is 5.32 Å². The van der Waals surface area contributed by atoms with Crippen molar-refractivity contribution in [2.45, 2.75) is 39.2 Å². The molecule has 0 saturated heterocycles. The molecule has 1 aromatic rings. The fourth-order valence-electron chi connectivity index (χ4n) is 2.59. The SMILES string of the molecule is CC1CCCC(CNCc2cc(Cl)cs2)C1. The predicted octanol–water partition coefficient (Wildman–Crippen LogP) is 4.32. The van der Waals surface area contributed by atoms with Crippen LogP contribution in [0.25, 0.3) is 0 Å². The molecule has 0 aliphatic heterocycles. The summed E-state index contributed by atoms with van der Waals surface area (Å²) in [5, 5.41) is 6.43. The summed E-state index contributed by atoms with van der Waals surface area (Å²) in [5.41, 5.74) is 0. The van der Waals surface area contributed by atoms with Gasteiger partial charge in [-0.3, -0.25) is 0 Å². The van der Waals surface area contributed by atoms with E-state index in [1.54, 1.807) is 11.3 Å². The van der Waals surface area contributed by atoms with Crippen molar-refractivity contribution in [2.75, 3.05) is 6.54 Å². The lowest BCUT2D eigenvalue weighted by Crippen LogP contribution is -2.26. The van der Waals surface area contributed by atoms with Crippen LogP contribution in [-0.2, 0) is 6.54 Å². The van der Waals surface area contributed by atoms with Crippen LogP contribution in [0.1, 0.15) is 37.5 Å². The summed E-state index contributed by atoms with van der Waals surface area (Å²) >= 11 is 7.63. The molecule has 3 heteroatoms. The molecule has 0 amide bonds. The monoisotopic (exact) mass is 257 g/mol. The fourth-order valence-corrected chi connectivity index (χ4v) is 3.63. The topological polar surface area (TPSA) is 12.0 Å². The minimum Gasteiger partial charge on any atom is -0.312 e. The van der Waals surface area contributed by atoms with E-state index < -0.39 is 0 Å². The summed E-state index contributed by atoms with van der Waals surface area (Å²) in [6.45, 7) is 4.52. The lowest BCUT2D eigenvalue weighted by atomic mass is 9.82. The van der Waals surface area contributed by atoms with Crippen LogP contribution < -0.4 is 5.32 Å². The Morgan fingerprint density at radius 3 is 3.06 bits per heavy atom. The predicted molar refractivity (Wildman–Crippen MR) is 72.2 cm³/mol. The van der Waals surface area contributed by atoms with E-state index >= 15 is 0 Å². The second kappa shape index (κ2) is 6.04. The summed E-state index contributed by atoms with van der Waals surface area (Å²) in [6, 6.07) is 2.06. The molecule has 1 nitrogen and oxygen atoms in total. The highest BCUT2D eigenvalue weighted by Gasteiger charge is 2.18. The van der Waals surface area contributed by atoms with Gasteiger partial charge in [0.05, 0.1) is 5.02 Å². The van der Waals surface area contributed by atoms with Gasteiger partial charge in [0, 0.05) is 16.8 Å². The summed E-state index contributed by atoms with van der Waals surface area (Å²) < 4.78 is 0. The van der Waals surface area contributed by atoms with Crippen LogP contribution in [0.2, 0.25) is 5.02 Å². The van der Waals surface area contributed by atoms with Gasteiger partial charge in [-0.1, -0.05) is 31.4 Å². The first-order chi connectivity index (χ1) is 7.74. The molecule has 1 fully saturated rings. The minimum absolute atomic E-state index is 0.869. The summed E-state index contributed by atoms with van der Waals surface area (Å²) in [4.78, 5) is 1.34. The summed E-state index contributed by atoms with van der Waals surface area (Å²) in [6.07, 6.45) is 5.65. The molecule has 1 N–H and O–H groups in total. The lowest BCUT2D eigenvalue weighted by molar-refractivity contribution is 0.274. The number of hydrogen-bond donors (Lipinski definition) is 1. The Labute approximate surface area is 107 Å². The van der Waals surface area contributed by atoms with E-state index in [4.69, 9.17) is 11.6 Å². The maximum Gasteiger partial charge on any atom is 0.0516 e. The van der Waals surface area contributed by atoms with Gasteiger partial charge in [-0.2, -0.15) is 0 Å². The summed E-state index contributed by atoms with van der Waals surface area (Å²) in [5.74, 6) is 1.82. The van der Waals surface area contributed by atoms with Crippen LogP contribution >= 0.6 is 22.9 Å². The Bertz CT molecular complexity index is 323. The van der Waals surface area contributed by atoms with E-state index in [-0.39, 0.29) is 0 Å². The highest BCUT2D eigenvalue weighted by Crippen LogP contribution is 2.28. The zero-order chi connectivity index (χ0) is 11.4. The molecule has 1 aliphatic rings. The van der Waals surface area contributed by atoms with E-state index in [0.717, 1.165) is 23.4 Å². The van der Waals surface area contributed by atoms with Crippen molar-refractivity contribution in [3.63, 3.8) is 0 Å². The van der Waals surface area contributed by atoms with Gasteiger partial charge in [-0.15, -0.1) is 11.3 Å². The number of rotatable bonds is 4. The molecular weight excluding hydrogens is 238 g/mol. The van der Waals surface area contributed by atoms with Crippen LogP contribution in [0.3, 0.4) is 0 Å². The second-order valence-corrected chi connectivity index (χ2v) is 6.43. The Morgan fingerprint density at radius 2 is 2.38 bits per heavy atom. The van der Waals surface area contributed by atoms with E-state index in [9.17, 15) is 0 Å². The molecular formula is C13H20ClNS. The zero-order valence-electron chi connectivity index (χ0n) is 9.84. The lowest BCUT2D eigenvalue weighted by Gasteiger charge is -2.26.